The van der Waals surface area contributed by atoms with Gasteiger partial charge in [0, 0.05) is 6.07 Å². The normalized spacial score (nSPS) is 10.1. The molecule has 19 heavy (non-hydrogen) atoms. The lowest BCUT2D eigenvalue weighted by molar-refractivity contribution is 0.102. The Bertz CT molecular complexity index is 602. The standard InChI is InChI=1S/C12H9Cl2N3O2/c1-19-10-5-2-7(6-15-10)16-12(18)8-3-4-9(13)17-11(8)14/h2-6H,1H3,(H,16,18). The molecule has 1 N–H and O–H groups in total. The van der Waals surface area contributed by atoms with Crippen LogP contribution in [0.1, 0.15) is 10.4 Å². The zero-order chi connectivity index (χ0) is 13.8. The molecule has 0 fully saturated rings. The zero-order valence-corrected chi connectivity index (χ0v) is 11.4. The van der Waals surface area contributed by atoms with Gasteiger partial charge in [-0.2, -0.15) is 0 Å². The molecule has 0 aliphatic rings. The lowest BCUT2D eigenvalue weighted by Crippen LogP contribution is -2.13. The third-order valence-corrected chi connectivity index (χ3v) is 2.76. The quantitative estimate of drug-likeness (QED) is 0.885. The Hall–Kier alpha value is -1.85. The predicted octanol–water partition coefficient (Wildman–Crippen LogP) is 3.04. The summed E-state index contributed by atoms with van der Waals surface area (Å²) >= 11 is 11.5. The number of halogens is 2. The highest BCUT2D eigenvalue weighted by atomic mass is 35.5. The van der Waals surface area contributed by atoms with Crippen molar-refractivity contribution in [2.75, 3.05) is 12.4 Å². The summed E-state index contributed by atoms with van der Waals surface area (Å²) < 4.78 is 4.92. The number of nitrogens with one attached hydrogen (secondary N) is 1. The molecule has 0 bridgehead atoms. The van der Waals surface area contributed by atoms with E-state index in [0.717, 1.165) is 0 Å². The van der Waals surface area contributed by atoms with Crippen LogP contribution in [0.3, 0.4) is 0 Å². The summed E-state index contributed by atoms with van der Waals surface area (Å²) in [5.41, 5.74) is 0.763. The van der Waals surface area contributed by atoms with Gasteiger partial charge in [-0.25, -0.2) is 9.97 Å². The number of methoxy groups -OCH3 is 1. The Balaban J connectivity index is 2.15. The van der Waals surface area contributed by atoms with E-state index in [1.807, 2.05) is 0 Å². The molecule has 0 unspecified atom stereocenters. The van der Waals surface area contributed by atoms with Crippen molar-refractivity contribution in [2.24, 2.45) is 0 Å². The summed E-state index contributed by atoms with van der Waals surface area (Å²) in [7, 11) is 1.51. The second-order valence-electron chi connectivity index (χ2n) is 3.52. The Morgan fingerprint density at radius 3 is 2.63 bits per heavy atom. The fourth-order valence-electron chi connectivity index (χ4n) is 1.35. The van der Waals surface area contributed by atoms with Crippen molar-refractivity contribution in [3.05, 3.63) is 46.3 Å². The van der Waals surface area contributed by atoms with Crippen LogP contribution >= 0.6 is 23.2 Å². The van der Waals surface area contributed by atoms with Crippen LogP contribution in [0.25, 0.3) is 0 Å². The van der Waals surface area contributed by atoms with Gasteiger partial charge in [-0.1, -0.05) is 23.2 Å². The first-order valence-corrected chi connectivity index (χ1v) is 5.99. The molecular weight excluding hydrogens is 289 g/mol. The van der Waals surface area contributed by atoms with E-state index in [4.69, 9.17) is 27.9 Å². The van der Waals surface area contributed by atoms with Crippen molar-refractivity contribution >= 4 is 34.8 Å². The summed E-state index contributed by atoms with van der Waals surface area (Å²) in [6, 6.07) is 6.30. The van der Waals surface area contributed by atoms with Crippen LogP contribution in [0.5, 0.6) is 5.88 Å². The lowest BCUT2D eigenvalue weighted by Gasteiger charge is -2.06. The van der Waals surface area contributed by atoms with Crippen LogP contribution in [0.2, 0.25) is 10.3 Å². The maximum atomic E-state index is 12.0. The number of hydrogen-bond donors (Lipinski definition) is 1. The molecule has 7 heteroatoms. The number of amides is 1. The summed E-state index contributed by atoms with van der Waals surface area (Å²) in [4.78, 5) is 19.7. The maximum Gasteiger partial charge on any atom is 0.258 e. The van der Waals surface area contributed by atoms with E-state index < -0.39 is 0 Å². The minimum Gasteiger partial charge on any atom is -0.481 e. The van der Waals surface area contributed by atoms with Gasteiger partial charge in [0.1, 0.15) is 10.3 Å². The molecule has 2 aromatic rings. The molecule has 0 radical (unpaired) electrons. The van der Waals surface area contributed by atoms with E-state index in [0.29, 0.717) is 11.6 Å². The molecule has 1 amide bonds. The van der Waals surface area contributed by atoms with Gasteiger partial charge in [0.15, 0.2) is 0 Å². The number of anilines is 1. The van der Waals surface area contributed by atoms with Crippen LogP contribution in [0.15, 0.2) is 30.5 Å². The highest BCUT2D eigenvalue weighted by Gasteiger charge is 2.12. The average molecular weight is 298 g/mol. The Morgan fingerprint density at radius 2 is 2.05 bits per heavy atom. The van der Waals surface area contributed by atoms with Gasteiger partial charge in [-0.15, -0.1) is 0 Å². The number of carbonyl (C=O) groups is 1. The molecule has 98 valence electrons. The van der Waals surface area contributed by atoms with Gasteiger partial charge >= 0.3 is 0 Å². The Labute approximate surface area is 119 Å². The average Bonchev–Trinajstić information content (AvgIpc) is 2.39. The first-order chi connectivity index (χ1) is 9.10. The minimum atomic E-state index is -0.388. The van der Waals surface area contributed by atoms with Crippen LogP contribution < -0.4 is 10.1 Å². The van der Waals surface area contributed by atoms with Gasteiger partial charge in [-0.05, 0) is 18.2 Å². The van der Waals surface area contributed by atoms with Crippen molar-refractivity contribution in [3.63, 3.8) is 0 Å². The van der Waals surface area contributed by atoms with E-state index in [1.165, 1.54) is 25.4 Å². The fraction of sp³-hybridized carbons (Fsp3) is 0.0833. The summed E-state index contributed by atoms with van der Waals surface area (Å²) in [6.45, 7) is 0. The summed E-state index contributed by atoms with van der Waals surface area (Å²) in [5.74, 6) is 0.0744. The number of pyridine rings is 2. The maximum absolute atomic E-state index is 12.0. The highest BCUT2D eigenvalue weighted by molar-refractivity contribution is 6.35. The molecule has 0 atom stereocenters. The van der Waals surface area contributed by atoms with Crippen LogP contribution in [-0.4, -0.2) is 23.0 Å². The van der Waals surface area contributed by atoms with Crippen molar-refractivity contribution in [1.29, 1.82) is 0 Å². The number of carbonyl (C=O) groups excluding carboxylic acids is 1. The topological polar surface area (TPSA) is 64.1 Å². The van der Waals surface area contributed by atoms with Gasteiger partial charge in [-0.3, -0.25) is 4.79 Å². The van der Waals surface area contributed by atoms with Crippen molar-refractivity contribution in [1.82, 2.24) is 9.97 Å². The number of ether oxygens (including phenoxy) is 1. The van der Waals surface area contributed by atoms with Gasteiger partial charge < -0.3 is 10.1 Å². The molecule has 0 spiro atoms. The summed E-state index contributed by atoms with van der Waals surface area (Å²) in [6.07, 6.45) is 1.48. The van der Waals surface area contributed by atoms with Gasteiger partial charge in [0.2, 0.25) is 5.88 Å². The Kier molecular flexibility index (Phi) is 4.19. The van der Waals surface area contributed by atoms with Crippen molar-refractivity contribution in [2.45, 2.75) is 0 Å². The summed E-state index contributed by atoms with van der Waals surface area (Å²) in [5, 5.41) is 2.92. The van der Waals surface area contributed by atoms with Crippen LogP contribution in [0, 0.1) is 0 Å². The molecule has 5 nitrogen and oxygen atoms in total. The molecule has 0 aliphatic heterocycles. The smallest absolute Gasteiger partial charge is 0.258 e. The molecule has 0 aromatic carbocycles. The minimum absolute atomic E-state index is 0.0477. The molecule has 0 saturated carbocycles. The first-order valence-electron chi connectivity index (χ1n) is 5.23. The SMILES string of the molecule is COc1ccc(NC(=O)c2ccc(Cl)nc2Cl)cn1. The molecule has 2 rings (SSSR count). The van der Waals surface area contributed by atoms with E-state index in [-0.39, 0.29) is 21.8 Å². The lowest BCUT2D eigenvalue weighted by atomic mass is 10.2. The van der Waals surface area contributed by atoms with E-state index in [2.05, 4.69) is 15.3 Å². The molecule has 2 aromatic heterocycles. The molecule has 2 heterocycles. The second kappa shape index (κ2) is 5.86. The van der Waals surface area contributed by atoms with Gasteiger partial charge in [0.25, 0.3) is 5.91 Å². The first kappa shape index (κ1) is 13.6. The van der Waals surface area contributed by atoms with Crippen LogP contribution in [0.4, 0.5) is 5.69 Å². The van der Waals surface area contributed by atoms with Crippen molar-refractivity contribution in [3.8, 4) is 5.88 Å². The number of hydrogen-bond acceptors (Lipinski definition) is 4. The zero-order valence-electron chi connectivity index (χ0n) is 9.85. The van der Waals surface area contributed by atoms with E-state index >= 15 is 0 Å². The fourth-order valence-corrected chi connectivity index (χ4v) is 1.79. The highest BCUT2D eigenvalue weighted by Crippen LogP contribution is 2.18. The van der Waals surface area contributed by atoms with Gasteiger partial charge in [0.05, 0.1) is 24.6 Å². The number of nitrogens with zero attached hydrogens (tertiary/aromatic N) is 2. The van der Waals surface area contributed by atoms with E-state index in [9.17, 15) is 4.79 Å². The molecule has 0 saturated heterocycles. The monoisotopic (exact) mass is 297 g/mol. The third kappa shape index (κ3) is 3.33. The van der Waals surface area contributed by atoms with Crippen molar-refractivity contribution < 1.29 is 9.53 Å². The second-order valence-corrected chi connectivity index (χ2v) is 4.26. The number of aromatic nitrogens is 2. The molecule has 0 aliphatic carbocycles. The third-order valence-electron chi connectivity index (χ3n) is 2.26. The number of rotatable bonds is 3. The van der Waals surface area contributed by atoms with Crippen LogP contribution in [-0.2, 0) is 0 Å². The Morgan fingerprint density at radius 1 is 1.26 bits per heavy atom. The largest absolute Gasteiger partial charge is 0.481 e. The predicted molar refractivity (Wildman–Crippen MR) is 73.0 cm³/mol. The molecular formula is C12H9Cl2N3O2. The van der Waals surface area contributed by atoms with E-state index in [1.54, 1.807) is 12.1 Å².